The molecule has 7 heteroatoms. The van der Waals surface area contributed by atoms with Gasteiger partial charge >= 0.3 is 6.18 Å². The molecule has 1 fully saturated rings. The Morgan fingerprint density at radius 2 is 2.00 bits per heavy atom. The van der Waals surface area contributed by atoms with Gasteiger partial charge in [-0.25, -0.2) is 9.37 Å². The fourth-order valence-electron chi connectivity index (χ4n) is 2.85. The summed E-state index contributed by atoms with van der Waals surface area (Å²) in [5.74, 6) is -0.313. The van der Waals surface area contributed by atoms with Crippen LogP contribution < -0.4 is 5.32 Å². The van der Waals surface area contributed by atoms with Crippen molar-refractivity contribution in [3.8, 4) is 0 Å². The maximum atomic E-state index is 14.2. The molecule has 24 heavy (non-hydrogen) atoms. The van der Waals surface area contributed by atoms with Crippen LogP contribution in [0, 0.1) is 11.7 Å². The number of hydrogen-bond donors (Lipinski definition) is 1. The van der Waals surface area contributed by atoms with Crippen LogP contribution >= 0.6 is 0 Å². The monoisotopic (exact) mass is 344 g/mol. The van der Waals surface area contributed by atoms with Gasteiger partial charge in [-0.05, 0) is 43.0 Å². The lowest BCUT2D eigenvalue weighted by molar-refractivity contribution is -0.158. The minimum atomic E-state index is -4.51. The Labute approximate surface area is 137 Å². The maximum Gasteiger partial charge on any atom is 0.407 e. The highest BCUT2D eigenvalue weighted by molar-refractivity contribution is 5.74. The fraction of sp³-hybridized carbons (Fsp3) is 0.588. The summed E-state index contributed by atoms with van der Waals surface area (Å²) in [6, 6.07) is 0.250. The highest BCUT2D eigenvalue weighted by Gasteiger charge is 2.41. The largest absolute Gasteiger partial charge is 0.437 e. The number of alkyl halides is 3. The van der Waals surface area contributed by atoms with Gasteiger partial charge in [0.15, 0.2) is 17.3 Å². The summed E-state index contributed by atoms with van der Waals surface area (Å²) in [6.07, 6.45) is -1.58. The van der Waals surface area contributed by atoms with Crippen LogP contribution in [-0.4, -0.2) is 17.7 Å². The molecule has 0 spiro atoms. The van der Waals surface area contributed by atoms with Gasteiger partial charge in [0.1, 0.15) is 11.6 Å². The molecule has 1 N–H and O–H groups in total. The van der Waals surface area contributed by atoms with Crippen LogP contribution in [-0.2, 0) is 0 Å². The van der Waals surface area contributed by atoms with Crippen molar-refractivity contribution in [1.82, 2.24) is 10.3 Å². The first-order valence-corrected chi connectivity index (χ1v) is 8.15. The lowest BCUT2D eigenvalue weighted by Gasteiger charge is -2.29. The van der Waals surface area contributed by atoms with Crippen molar-refractivity contribution in [3.05, 3.63) is 29.4 Å². The number of oxazole rings is 1. The fourth-order valence-corrected chi connectivity index (χ4v) is 2.85. The summed E-state index contributed by atoms with van der Waals surface area (Å²) < 4.78 is 59.8. The summed E-state index contributed by atoms with van der Waals surface area (Å²) >= 11 is 0. The highest BCUT2D eigenvalue weighted by atomic mass is 19.4. The highest BCUT2D eigenvalue weighted by Crippen LogP contribution is 2.36. The normalized spacial score (nSPS) is 17.5. The lowest BCUT2D eigenvalue weighted by atomic mass is 9.85. The molecule has 2 aromatic rings. The van der Waals surface area contributed by atoms with Crippen molar-refractivity contribution >= 4 is 11.1 Å². The van der Waals surface area contributed by atoms with E-state index < -0.39 is 18.0 Å². The molecule has 1 aromatic carbocycles. The molecular formula is C17H20F4N2O. The van der Waals surface area contributed by atoms with E-state index in [0.29, 0.717) is 5.89 Å². The van der Waals surface area contributed by atoms with Gasteiger partial charge in [0, 0.05) is 5.92 Å². The van der Waals surface area contributed by atoms with E-state index in [0.717, 1.165) is 25.3 Å². The number of aromatic nitrogens is 1. The molecule has 1 aliphatic carbocycles. The molecular weight excluding hydrogens is 324 g/mol. The third-order valence-corrected chi connectivity index (χ3v) is 4.47. The molecule has 1 atom stereocenters. The van der Waals surface area contributed by atoms with Crippen LogP contribution in [0.1, 0.15) is 56.5 Å². The van der Waals surface area contributed by atoms with Gasteiger partial charge in [0.25, 0.3) is 0 Å². The molecule has 132 valence electrons. The van der Waals surface area contributed by atoms with Gasteiger partial charge in [-0.3, -0.25) is 0 Å². The first kappa shape index (κ1) is 17.2. The number of rotatable bonds is 5. The molecule has 0 aliphatic heterocycles. The van der Waals surface area contributed by atoms with Crippen LogP contribution in [0.15, 0.2) is 16.5 Å². The Morgan fingerprint density at radius 1 is 1.29 bits per heavy atom. The third kappa shape index (κ3) is 3.41. The number of halogens is 4. The van der Waals surface area contributed by atoms with Crippen LogP contribution in [0.2, 0.25) is 0 Å². The molecule has 0 amide bonds. The van der Waals surface area contributed by atoms with Crippen molar-refractivity contribution in [2.45, 2.75) is 51.2 Å². The SMILES string of the molecule is CC(C)c1nc2cc(C(NCC3CCC3)C(F)(F)F)cc(F)c2o1. The molecule has 3 nitrogen and oxygen atoms in total. The zero-order valence-corrected chi connectivity index (χ0v) is 13.6. The maximum absolute atomic E-state index is 14.2. The third-order valence-electron chi connectivity index (χ3n) is 4.47. The number of nitrogens with zero attached hydrogens (tertiary/aromatic N) is 1. The number of hydrogen-bond acceptors (Lipinski definition) is 3. The van der Waals surface area contributed by atoms with E-state index >= 15 is 0 Å². The topological polar surface area (TPSA) is 38.1 Å². The summed E-state index contributed by atoms with van der Waals surface area (Å²) in [6.45, 7) is 3.92. The second-order valence-electron chi connectivity index (χ2n) is 6.74. The van der Waals surface area contributed by atoms with Gasteiger partial charge in [-0.1, -0.05) is 20.3 Å². The van der Waals surface area contributed by atoms with Crippen LogP contribution in [0.5, 0.6) is 0 Å². The Balaban J connectivity index is 1.93. The van der Waals surface area contributed by atoms with E-state index in [1.165, 1.54) is 6.07 Å². The van der Waals surface area contributed by atoms with Gasteiger partial charge in [-0.15, -0.1) is 0 Å². The van der Waals surface area contributed by atoms with Crippen LogP contribution in [0.3, 0.4) is 0 Å². The van der Waals surface area contributed by atoms with Crippen LogP contribution in [0.25, 0.3) is 11.1 Å². The van der Waals surface area contributed by atoms with Gasteiger partial charge in [-0.2, -0.15) is 13.2 Å². The summed E-state index contributed by atoms with van der Waals surface area (Å²) in [4.78, 5) is 4.12. The Bertz CT molecular complexity index is 719. The minimum Gasteiger partial charge on any atom is -0.437 e. The molecule has 0 radical (unpaired) electrons. The lowest BCUT2D eigenvalue weighted by Crippen LogP contribution is -2.38. The molecule has 3 rings (SSSR count). The average Bonchev–Trinajstić information content (AvgIpc) is 2.84. The Hall–Kier alpha value is -1.63. The van der Waals surface area contributed by atoms with Crippen molar-refractivity contribution in [2.75, 3.05) is 6.54 Å². The predicted molar refractivity (Wildman–Crippen MR) is 82.2 cm³/mol. The van der Waals surface area contributed by atoms with Crippen LogP contribution in [0.4, 0.5) is 17.6 Å². The standard InChI is InChI=1S/C17H20F4N2O/c1-9(2)16-23-13-7-11(6-12(18)14(13)24-16)15(17(19,20)21)22-8-10-4-3-5-10/h6-7,9-10,15,22H,3-5,8H2,1-2H3. The molecule has 1 aromatic heterocycles. The van der Waals surface area contributed by atoms with Crippen molar-refractivity contribution in [3.63, 3.8) is 0 Å². The number of benzene rings is 1. The van der Waals surface area contributed by atoms with E-state index in [4.69, 9.17) is 4.42 Å². The van der Waals surface area contributed by atoms with Gasteiger partial charge < -0.3 is 9.73 Å². The predicted octanol–water partition coefficient (Wildman–Crippen LogP) is 5.08. The van der Waals surface area contributed by atoms with E-state index in [1.807, 2.05) is 13.8 Å². The summed E-state index contributed by atoms with van der Waals surface area (Å²) in [5, 5.41) is 2.55. The first-order chi connectivity index (χ1) is 11.3. The molecule has 1 saturated carbocycles. The zero-order valence-electron chi connectivity index (χ0n) is 13.6. The molecule has 0 bridgehead atoms. The summed E-state index contributed by atoms with van der Waals surface area (Å²) in [7, 11) is 0. The quantitative estimate of drug-likeness (QED) is 0.769. The summed E-state index contributed by atoms with van der Waals surface area (Å²) in [5.41, 5.74) is -0.147. The zero-order chi connectivity index (χ0) is 17.5. The number of nitrogens with one attached hydrogen (secondary N) is 1. The minimum absolute atomic E-state index is 0.0737. The van der Waals surface area contributed by atoms with Gasteiger partial charge in [0.05, 0.1) is 0 Å². The smallest absolute Gasteiger partial charge is 0.407 e. The molecule has 1 unspecified atom stereocenters. The molecule has 1 heterocycles. The average molecular weight is 344 g/mol. The van der Waals surface area contributed by atoms with Crippen molar-refractivity contribution in [2.24, 2.45) is 5.92 Å². The second kappa shape index (κ2) is 6.35. The first-order valence-electron chi connectivity index (χ1n) is 8.15. The van der Waals surface area contributed by atoms with Crippen molar-refractivity contribution in [1.29, 1.82) is 0 Å². The van der Waals surface area contributed by atoms with E-state index in [-0.39, 0.29) is 35.0 Å². The number of fused-ring (bicyclic) bond motifs is 1. The van der Waals surface area contributed by atoms with E-state index in [1.54, 1.807) is 0 Å². The molecule has 1 aliphatic rings. The van der Waals surface area contributed by atoms with Crippen molar-refractivity contribution < 1.29 is 22.0 Å². The van der Waals surface area contributed by atoms with E-state index in [9.17, 15) is 17.6 Å². The Kier molecular flexibility index (Phi) is 4.55. The van der Waals surface area contributed by atoms with E-state index in [2.05, 4.69) is 10.3 Å². The Morgan fingerprint density at radius 3 is 2.54 bits per heavy atom. The second-order valence-corrected chi connectivity index (χ2v) is 6.74. The molecule has 0 saturated heterocycles. The van der Waals surface area contributed by atoms with Gasteiger partial charge in [0.2, 0.25) is 0 Å².